The lowest BCUT2D eigenvalue weighted by atomic mass is 10.2. The van der Waals surface area contributed by atoms with Gasteiger partial charge in [0.05, 0.1) is 10.7 Å². The van der Waals surface area contributed by atoms with Crippen LogP contribution in [0.1, 0.15) is 9.68 Å². The average Bonchev–Trinajstić information content (AvgIpc) is 1.97. The number of aryl methyl sites for hydroxylation is 1. The second kappa shape index (κ2) is 2.46. The summed E-state index contributed by atoms with van der Waals surface area (Å²) in [6.45, 7) is -2.36. The Morgan fingerprint density at radius 2 is 2.40 bits per heavy atom. The largest absolute Gasteiger partial charge is 0.397 e. The fourth-order valence-electron chi connectivity index (χ4n) is 0.610. The van der Waals surface area contributed by atoms with Gasteiger partial charge in [-0.3, -0.25) is 0 Å². The highest BCUT2D eigenvalue weighted by atomic mass is 35.5. The van der Waals surface area contributed by atoms with Crippen LogP contribution >= 0.6 is 11.6 Å². The van der Waals surface area contributed by atoms with Crippen LogP contribution in [0.25, 0.3) is 0 Å². The van der Waals surface area contributed by atoms with Crippen molar-refractivity contribution in [1.29, 1.82) is 0 Å². The summed E-state index contributed by atoms with van der Waals surface area (Å²) in [4.78, 5) is 0. The molecule has 10 heavy (non-hydrogen) atoms. The zero-order valence-electron chi connectivity index (χ0n) is 7.99. The normalized spacial score (nSPS) is 15.6. The second-order valence-electron chi connectivity index (χ2n) is 1.86. The van der Waals surface area contributed by atoms with Crippen LogP contribution < -0.4 is 5.73 Å². The summed E-state index contributed by atoms with van der Waals surface area (Å²) in [5, 5.41) is -0.243. The number of halogens is 2. The van der Waals surface area contributed by atoms with Crippen molar-refractivity contribution >= 4 is 17.3 Å². The van der Waals surface area contributed by atoms with Gasteiger partial charge in [-0.05, 0) is 24.5 Å². The highest BCUT2D eigenvalue weighted by molar-refractivity contribution is 6.33. The van der Waals surface area contributed by atoms with Gasteiger partial charge in [0.1, 0.15) is 5.82 Å². The predicted octanol–water partition coefficient (Wildman–Crippen LogP) is 2.37. The summed E-state index contributed by atoms with van der Waals surface area (Å²) in [6, 6.07) is 2.02. The van der Waals surface area contributed by atoms with Crippen molar-refractivity contribution in [1.82, 2.24) is 0 Å². The molecule has 0 spiro atoms. The van der Waals surface area contributed by atoms with Crippen LogP contribution in [0.5, 0.6) is 0 Å². The quantitative estimate of drug-likeness (QED) is 0.583. The molecule has 1 rings (SSSR count). The minimum absolute atomic E-state index is 0.0622. The SMILES string of the molecule is [2H]C([2H])([2H])c1cc(N)c(Cl)c(F)c1. The van der Waals surface area contributed by atoms with Crippen molar-refractivity contribution in [3.8, 4) is 0 Å². The van der Waals surface area contributed by atoms with E-state index in [0.717, 1.165) is 12.1 Å². The Morgan fingerprint density at radius 1 is 1.70 bits per heavy atom. The Morgan fingerprint density at radius 3 is 2.90 bits per heavy atom. The molecule has 0 unspecified atom stereocenters. The van der Waals surface area contributed by atoms with Gasteiger partial charge in [-0.2, -0.15) is 0 Å². The summed E-state index contributed by atoms with van der Waals surface area (Å²) in [5.74, 6) is -0.812. The van der Waals surface area contributed by atoms with Crippen LogP contribution in [-0.4, -0.2) is 0 Å². The maximum atomic E-state index is 12.9. The summed E-state index contributed by atoms with van der Waals surface area (Å²) in [5.41, 5.74) is 5.09. The first kappa shape index (κ1) is 4.19. The molecule has 1 aromatic rings. The van der Waals surface area contributed by atoms with E-state index in [1.807, 2.05) is 0 Å². The van der Waals surface area contributed by atoms with Crippen LogP contribution in [-0.2, 0) is 0 Å². The summed E-state index contributed by atoms with van der Waals surface area (Å²) < 4.78 is 33.9. The molecule has 1 nitrogen and oxygen atoms in total. The van der Waals surface area contributed by atoms with Gasteiger partial charge in [-0.1, -0.05) is 11.6 Å². The Kier molecular flexibility index (Phi) is 1.03. The number of anilines is 1. The monoisotopic (exact) mass is 162 g/mol. The number of hydrogen-bond acceptors (Lipinski definition) is 1. The molecule has 0 amide bonds. The summed E-state index contributed by atoms with van der Waals surface area (Å²) in [6.07, 6.45) is 0. The molecule has 0 aliphatic carbocycles. The lowest BCUT2D eigenvalue weighted by Gasteiger charge is -1.99. The number of benzene rings is 1. The third-order valence-electron chi connectivity index (χ3n) is 1.06. The van der Waals surface area contributed by atoms with E-state index in [4.69, 9.17) is 21.4 Å². The maximum absolute atomic E-state index is 12.9. The molecule has 3 heteroatoms. The van der Waals surface area contributed by atoms with E-state index >= 15 is 0 Å². The minimum atomic E-state index is -2.36. The molecule has 1 aromatic carbocycles. The standard InChI is InChI=1S/C7H7ClFN/c1-4-2-5(9)7(8)6(10)3-4/h2-3H,10H2,1H3/i1D3. The molecular formula is C7H7ClFN. The highest BCUT2D eigenvalue weighted by Crippen LogP contribution is 2.23. The number of hydrogen-bond donors (Lipinski definition) is 1. The average molecular weight is 163 g/mol. The first-order chi connectivity index (χ1) is 5.82. The van der Waals surface area contributed by atoms with E-state index in [1.165, 1.54) is 0 Å². The van der Waals surface area contributed by atoms with Gasteiger partial charge in [0, 0.05) is 4.11 Å². The lowest BCUT2D eigenvalue weighted by Crippen LogP contribution is -1.90. The molecule has 0 radical (unpaired) electrons. The van der Waals surface area contributed by atoms with Crippen LogP contribution in [0.4, 0.5) is 10.1 Å². The van der Waals surface area contributed by atoms with Crippen LogP contribution in [0.3, 0.4) is 0 Å². The smallest absolute Gasteiger partial charge is 0.144 e. The van der Waals surface area contributed by atoms with Crippen molar-refractivity contribution in [3.05, 3.63) is 28.5 Å². The van der Waals surface area contributed by atoms with E-state index in [0.29, 0.717) is 0 Å². The van der Waals surface area contributed by atoms with Gasteiger partial charge in [0.25, 0.3) is 0 Å². The van der Waals surface area contributed by atoms with Gasteiger partial charge in [0.15, 0.2) is 0 Å². The van der Waals surface area contributed by atoms with Crippen molar-refractivity contribution in [2.75, 3.05) is 5.73 Å². The molecule has 0 aromatic heterocycles. The molecule has 0 saturated carbocycles. The van der Waals surface area contributed by atoms with Gasteiger partial charge in [-0.25, -0.2) is 4.39 Å². The summed E-state index contributed by atoms with van der Waals surface area (Å²) >= 11 is 5.42. The fraction of sp³-hybridized carbons (Fsp3) is 0.143. The molecule has 2 N–H and O–H groups in total. The number of nitrogen functional groups attached to an aromatic ring is 1. The van der Waals surface area contributed by atoms with Crippen molar-refractivity contribution in [3.63, 3.8) is 0 Å². The topological polar surface area (TPSA) is 26.0 Å². The van der Waals surface area contributed by atoms with Crippen molar-refractivity contribution in [2.24, 2.45) is 0 Å². The number of rotatable bonds is 0. The fourth-order valence-corrected chi connectivity index (χ4v) is 0.719. The van der Waals surface area contributed by atoms with E-state index < -0.39 is 12.7 Å². The van der Waals surface area contributed by atoms with E-state index in [9.17, 15) is 4.39 Å². The number of nitrogens with two attached hydrogens (primary N) is 1. The van der Waals surface area contributed by atoms with Crippen LogP contribution in [0.2, 0.25) is 5.02 Å². The molecule has 0 fully saturated rings. The molecule has 0 aliphatic rings. The van der Waals surface area contributed by atoms with Gasteiger partial charge < -0.3 is 5.73 Å². The zero-order valence-corrected chi connectivity index (χ0v) is 5.74. The lowest BCUT2D eigenvalue weighted by molar-refractivity contribution is 0.628. The third kappa shape index (κ3) is 1.21. The molecule has 0 heterocycles. The van der Waals surface area contributed by atoms with E-state index in [1.54, 1.807) is 0 Å². The molecule has 54 valence electrons. The zero-order chi connectivity index (χ0) is 10.2. The van der Waals surface area contributed by atoms with E-state index in [2.05, 4.69) is 0 Å². The molecule has 0 atom stereocenters. The minimum Gasteiger partial charge on any atom is -0.397 e. The predicted molar refractivity (Wildman–Crippen MR) is 40.6 cm³/mol. The maximum Gasteiger partial charge on any atom is 0.144 e. The first-order valence-corrected chi connectivity index (χ1v) is 2.95. The Balaban J connectivity index is 3.29. The Bertz CT molecular complexity index is 314. The molecule has 0 saturated heterocycles. The van der Waals surface area contributed by atoms with E-state index in [-0.39, 0.29) is 16.3 Å². The second-order valence-corrected chi connectivity index (χ2v) is 2.24. The van der Waals surface area contributed by atoms with Gasteiger partial charge in [0.2, 0.25) is 0 Å². The molecule has 0 aliphatic heterocycles. The Labute approximate surface area is 67.8 Å². The molecule has 0 bridgehead atoms. The van der Waals surface area contributed by atoms with Crippen molar-refractivity contribution < 1.29 is 8.50 Å². The van der Waals surface area contributed by atoms with Crippen LogP contribution in [0.15, 0.2) is 12.1 Å². The van der Waals surface area contributed by atoms with Crippen LogP contribution in [0, 0.1) is 12.7 Å². The molecular weight excluding hydrogens is 153 g/mol. The van der Waals surface area contributed by atoms with Gasteiger partial charge in [-0.15, -0.1) is 0 Å². The van der Waals surface area contributed by atoms with Crippen molar-refractivity contribution in [2.45, 2.75) is 6.85 Å². The van der Waals surface area contributed by atoms with Gasteiger partial charge >= 0.3 is 0 Å². The highest BCUT2D eigenvalue weighted by Gasteiger charge is 2.02. The Hall–Kier alpha value is -0.760. The first-order valence-electron chi connectivity index (χ1n) is 4.07. The summed E-state index contributed by atoms with van der Waals surface area (Å²) in [7, 11) is 0. The third-order valence-corrected chi connectivity index (χ3v) is 1.46.